The van der Waals surface area contributed by atoms with E-state index in [1.54, 1.807) is 25.7 Å². The second kappa shape index (κ2) is 9.04. The summed E-state index contributed by atoms with van der Waals surface area (Å²) in [5, 5.41) is 2.54. The first-order valence-corrected chi connectivity index (χ1v) is 8.66. The van der Waals surface area contributed by atoms with Crippen LogP contribution in [0.25, 0.3) is 0 Å². The van der Waals surface area contributed by atoms with E-state index in [4.69, 9.17) is 4.74 Å². The Kier molecular flexibility index (Phi) is 6.78. The van der Waals surface area contributed by atoms with Gasteiger partial charge in [0.1, 0.15) is 12.1 Å². The number of amides is 2. The lowest BCUT2D eigenvalue weighted by molar-refractivity contribution is -0.131. The standard InChI is InChI=1S/C21H26N2O3/c1-21(2,3)26-20(25)22-14-19(24)23(15-17-10-6-4-7-11-17)16-18-12-8-5-9-13-18/h4-13H,14-16H2,1-3H3,(H,22,25). The first-order chi connectivity index (χ1) is 12.3. The fraction of sp³-hybridized carbons (Fsp3) is 0.333. The zero-order chi connectivity index (χ0) is 19.0. The minimum Gasteiger partial charge on any atom is -0.444 e. The van der Waals surface area contributed by atoms with E-state index in [1.165, 1.54) is 0 Å². The molecular formula is C21H26N2O3. The fourth-order valence-electron chi connectivity index (χ4n) is 2.41. The summed E-state index contributed by atoms with van der Waals surface area (Å²) >= 11 is 0. The molecule has 0 saturated carbocycles. The van der Waals surface area contributed by atoms with Crippen LogP contribution >= 0.6 is 0 Å². The number of carbonyl (C=O) groups excluding carboxylic acids is 2. The van der Waals surface area contributed by atoms with Gasteiger partial charge in [-0.25, -0.2) is 4.79 Å². The van der Waals surface area contributed by atoms with Gasteiger partial charge in [-0.2, -0.15) is 0 Å². The van der Waals surface area contributed by atoms with Gasteiger partial charge >= 0.3 is 6.09 Å². The summed E-state index contributed by atoms with van der Waals surface area (Å²) in [6.07, 6.45) is -0.592. The highest BCUT2D eigenvalue weighted by atomic mass is 16.6. The highest BCUT2D eigenvalue weighted by Gasteiger charge is 2.19. The van der Waals surface area contributed by atoms with Gasteiger partial charge in [-0.3, -0.25) is 4.79 Å². The maximum atomic E-state index is 12.7. The van der Waals surface area contributed by atoms with Crippen molar-refractivity contribution in [2.24, 2.45) is 0 Å². The van der Waals surface area contributed by atoms with E-state index < -0.39 is 11.7 Å². The van der Waals surface area contributed by atoms with E-state index in [9.17, 15) is 9.59 Å². The van der Waals surface area contributed by atoms with Crippen LogP contribution in [0.4, 0.5) is 4.79 Å². The molecule has 0 atom stereocenters. The Morgan fingerprint density at radius 2 is 1.35 bits per heavy atom. The molecule has 2 aromatic carbocycles. The number of nitrogens with one attached hydrogen (secondary N) is 1. The molecular weight excluding hydrogens is 328 g/mol. The van der Waals surface area contributed by atoms with Crippen molar-refractivity contribution in [1.82, 2.24) is 10.2 Å². The largest absolute Gasteiger partial charge is 0.444 e. The summed E-state index contributed by atoms with van der Waals surface area (Å²) in [7, 11) is 0. The molecule has 0 heterocycles. The van der Waals surface area contributed by atoms with E-state index in [2.05, 4.69) is 5.32 Å². The molecule has 2 rings (SSSR count). The summed E-state index contributed by atoms with van der Waals surface area (Å²) in [5.74, 6) is -0.163. The first kappa shape index (κ1) is 19.5. The molecule has 0 aliphatic heterocycles. The van der Waals surface area contributed by atoms with Gasteiger partial charge in [-0.15, -0.1) is 0 Å². The van der Waals surface area contributed by atoms with E-state index in [1.807, 2.05) is 60.7 Å². The predicted octanol–water partition coefficient (Wildman–Crippen LogP) is 3.74. The lowest BCUT2D eigenvalue weighted by Crippen LogP contribution is -2.41. The van der Waals surface area contributed by atoms with Crippen LogP contribution in [-0.4, -0.2) is 29.0 Å². The zero-order valence-electron chi connectivity index (χ0n) is 15.6. The molecule has 0 fully saturated rings. The summed E-state index contributed by atoms with van der Waals surface area (Å²) in [4.78, 5) is 26.2. The Morgan fingerprint density at radius 3 is 1.77 bits per heavy atom. The molecule has 0 spiro atoms. The topological polar surface area (TPSA) is 58.6 Å². The zero-order valence-corrected chi connectivity index (χ0v) is 15.6. The van der Waals surface area contributed by atoms with Crippen LogP contribution in [0, 0.1) is 0 Å². The van der Waals surface area contributed by atoms with Crippen LogP contribution in [0.1, 0.15) is 31.9 Å². The van der Waals surface area contributed by atoms with Crippen molar-refractivity contribution in [3.8, 4) is 0 Å². The maximum absolute atomic E-state index is 12.7. The van der Waals surface area contributed by atoms with Gasteiger partial charge in [0.2, 0.25) is 5.91 Å². The minimum atomic E-state index is -0.596. The average Bonchev–Trinajstić information content (AvgIpc) is 2.59. The van der Waals surface area contributed by atoms with E-state index >= 15 is 0 Å². The Bertz CT molecular complexity index is 668. The van der Waals surface area contributed by atoms with E-state index in [-0.39, 0.29) is 12.5 Å². The molecule has 0 bridgehead atoms. The molecule has 1 N–H and O–H groups in total. The third-order valence-corrected chi connectivity index (χ3v) is 3.57. The predicted molar refractivity (Wildman–Crippen MR) is 101 cm³/mol. The minimum absolute atomic E-state index is 0.103. The van der Waals surface area contributed by atoms with Crippen LogP contribution in [0.2, 0.25) is 0 Å². The third-order valence-electron chi connectivity index (χ3n) is 3.57. The number of alkyl carbamates (subject to hydrolysis) is 1. The number of benzene rings is 2. The number of ether oxygens (including phenoxy) is 1. The molecule has 2 amide bonds. The number of hydrogen-bond acceptors (Lipinski definition) is 3. The van der Waals surface area contributed by atoms with Gasteiger partial charge in [0, 0.05) is 13.1 Å². The number of carbonyl (C=O) groups is 2. The van der Waals surface area contributed by atoms with Crippen molar-refractivity contribution in [2.75, 3.05) is 6.54 Å². The smallest absolute Gasteiger partial charge is 0.408 e. The molecule has 5 nitrogen and oxygen atoms in total. The van der Waals surface area contributed by atoms with Crippen LogP contribution < -0.4 is 5.32 Å². The molecule has 26 heavy (non-hydrogen) atoms. The molecule has 0 unspecified atom stereocenters. The molecule has 0 aromatic heterocycles. The Labute approximate surface area is 155 Å². The lowest BCUT2D eigenvalue weighted by atomic mass is 10.1. The Morgan fingerprint density at radius 1 is 0.885 bits per heavy atom. The molecule has 0 aliphatic rings. The van der Waals surface area contributed by atoms with Crippen LogP contribution in [0.5, 0.6) is 0 Å². The number of nitrogens with zero attached hydrogens (tertiary/aromatic N) is 1. The molecule has 0 radical (unpaired) electrons. The quantitative estimate of drug-likeness (QED) is 0.860. The van der Waals surface area contributed by atoms with Crippen molar-refractivity contribution in [3.05, 3.63) is 71.8 Å². The van der Waals surface area contributed by atoms with Gasteiger partial charge in [0.05, 0.1) is 0 Å². The normalized spacial score (nSPS) is 10.9. The van der Waals surface area contributed by atoms with Crippen molar-refractivity contribution in [1.29, 1.82) is 0 Å². The van der Waals surface area contributed by atoms with Crippen molar-refractivity contribution >= 4 is 12.0 Å². The van der Waals surface area contributed by atoms with Crippen LogP contribution in [0.15, 0.2) is 60.7 Å². The van der Waals surface area contributed by atoms with Crippen LogP contribution in [-0.2, 0) is 22.6 Å². The van der Waals surface area contributed by atoms with Gasteiger partial charge in [0.25, 0.3) is 0 Å². The van der Waals surface area contributed by atoms with Gasteiger partial charge in [-0.1, -0.05) is 60.7 Å². The van der Waals surface area contributed by atoms with Gasteiger partial charge < -0.3 is 15.0 Å². The molecule has 0 saturated heterocycles. The van der Waals surface area contributed by atoms with Gasteiger partial charge in [0.15, 0.2) is 0 Å². The highest BCUT2D eigenvalue weighted by molar-refractivity contribution is 5.82. The molecule has 5 heteroatoms. The number of rotatable bonds is 6. The molecule has 0 aliphatic carbocycles. The second-order valence-corrected chi connectivity index (χ2v) is 7.08. The lowest BCUT2D eigenvalue weighted by Gasteiger charge is -2.24. The average molecular weight is 354 g/mol. The monoisotopic (exact) mass is 354 g/mol. The van der Waals surface area contributed by atoms with E-state index in [0.29, 0.717) is 13.1 Å². The maximum Gasteiger partial charge on any atom is 0.408 e. The Balaban J connectivity index is 2.02. The summed E-state index contributed by atoms with van der Waals surface area (Å²) in [6.45, 7) is 6.20. The Hall–Kier alpha value is -2.82. The fourth-order valence-corrected chi connectivity index (χ4v) is 2.41. The third kappa shape index (κ3) is 6.97. The second-order valence-electron chi connectivity index (χ2n) is 7.08. The summed E-state index contributed by atoms with van der Waals surface area (Å²) in [5.41, 5.74) is 1.48. The molecule has 2 aromatic rings. The van der Waals surface area contributed by atoms with E-state index in [0.717, 1.165) is 11.1 Å². The first-order valence-electron chi connectivity index (χ1n) is 8.66. The summed E-state index contributed by atoms with van der Waals surface area (Å²) < 4.78 is 5.18. The SMILES string of the molecule is CC(C)(C)OC(=O)NCC(=O)N(Cc1ccccc1)Cc1ccccc1. The summed E-state index contributed by atoms with van der Waals surface area (Å²) in [6, 6.07) is 19.6. The highest BCUT2D eigenvalue weighted by Crippen LogP contribution is 2.11. The van der Waals surface area contributed by atoms with Crippen molar-refractivity contribution in [2.45, 2.75) is 39.5 Å². The van der Waals surface area contributed by atoms with Crippen molar-refractivity contribution in [3.63, 3.8) is 0 Å². The van der Waals surface area contributed by atoms with Crippen molar-refractivity contribution < 1.29 is 14.3 Å². The number of hydrogen-bond donors (Lipinski definition) is 1. The van der Waals surface area contributed by atoms with Crippen LogP contribution in [0.3, 0.4) is 0 Å². The molecule has 138 valence electrons. The van der Waals surface area contributed by atoms with Gasteiger partial charge in [-0.05, 0) is 31.9 Å².